The summed E-state index contributed by atoms with van der Waals surface area (Å²) in [6.07, 6.45) is 1.25. The van der Waals surface area contributed by atoms with Gasteiger partial charge in [-0.2, -0.15) is 0 Å². The molecule has 1 aromatic carbocycles. The number of aromatic amines is 1. The van der Waals surface area contributed by atoms with Crippen LogP contribution in [0.25, 0.3) is 10.9 Å². The number of piperazine rings is 1. The molecule has 4 rings (SSSR count). The van der Waals surface area contributed by atoms with E-state index in [0.717, 1.165) is 29.3 Å². The number of anilines is 1. The standard InChI is InChI=1S/C24H30F3N5O3/c1-2-5-18(14-17-15-28-20-7-4-3-6-19(17)20)30-22(33)21-16-29-23(35-21)32-10-8-31(9-11-32)12-13-34-24(25,26)27/h3-4,6-7,15-16,18,28H,2,5,8-14H2,1H3,(H,30,33). The molecule has 1 unspecified atom stereocenters. The Morgan fingerprint density at radius 1 is 1.26 bits per heavy atom. The maximum atomic E-state index is 12.9. The second-order valence-electron chi connectivity index (χ2n) is 8.65. The number of nitrogens with zero attached hydrogens (tertiary/aromatic N) is 3. The summed E-state index contributed by atoms with van der Waals surface area (Å²) in [6.45, 7) is 4.05. The first-order chi connectivity index (χ1) is 16.8. The molecule has 35 heavy (non-hydrogen) atoms. The van der Waals surface area contributed by atoms with Crippen LogP contribution in [-0.4, -0.2) is 72.5 Å². The largest absolute Gasteiger partial charge is 0.522 e. The lowest BCUT2D eigenvalue weighted by atomic mass is 10.0. The summed E-state index contributed by atoms with van der Waals surface area (Å²) in [5.41, 5.74) is 2.22. The fourth-order valence-electron chi connectivity index (χ4n) is 4.37. The van der Waals surface area contributed by atoms with Gasteiger partial charge < -0.3 is 19.6 Å². The number of halogens is 3. The Labute approximate surface area is 201 Å². The van der Waals surface area contributed by atoms with E-state index in [2.05, 4.69) is 33.0 Å². The van der Waals surface area contributed by atoms with Gasteiger partial charge in [0.25, 0.3) is 11.9 Å². The fraction of sp³-hybridized carbons (Fsp3) is 0.500. The number of rotatable bonds is 10. The van der Waals surface area contributed by atoms with Crippen molar-refractivity contribution in [2.45, 2.75) is 38.6 Å². The quantitative estimate of drug-likeness (QED) is 0.445. The number of carbonyl (C=O) groups is 1. The van der Waals surface area contributed by atoms with E-state index < -0.39 is 13.0 Å². The molecular formula is C24H30F3N5O3. The average molecular weight is 494 g/mol. The van der Waals surface area contributed by atoms with Crippen LogP contribution in [0.5, 0.6) is 0 Å². The molecule has 2 N–H and O–H groups in total. The number of H-pyrrole nitrogens is 1. The monoisotopic (exact) mass is 493 g/mol. The number of amides is 1. The highest BCUT2D eigenvalue weighted by Crippen LogP contribution is 2.21. The van der Waals surface area contributed by atoms with Crippen molar-refractivity contribution in [1.29, 1.82) is 0 Å². The lowest BCUT2D eigenvalue weighted by Gasteiger charge is -2.33. The van der Waals surface area contributed by atoms with Gasteiger partial charge in [-0.3, -0.25) is 14.4 Å². The van der Waals surface area contributed by atoms with Gasteiger partial charge >= 0.3 is 6.36 Å². The molecule has 0 radical (unpaired) electrons. The normalized spacial score (nSPS) is 16.1. The van der Waals surface area contributed by atoms with Gasteiger partial charge in [0.05, 0.1) is 12.8 Å². The Morgan fingerprint density at radius 3 is 2.77 bits per heavy atom. The van der Waals surface area contributed by atoms with E-state index in [9.17, 15) is 18.0 Å². The molecule has 190 valence electrons. The molecule has 0 bridgehead atoms. The molecule has 3 aromatic rings. The van der Waals surface area contributed by atoms with Gasteiger partial charge in [0.2, 0.25) is 5.76 Å². The molecular weight excluding hydrogens is 463 g/mol. The Kier molecular flexibility index (Phi) is 7.97. The minimum atomic E-state index is -4.61. The Balaban J connectivity index is 1.30. The van der Waals surface area contributed by atoms with Crippen molar-refractivity contribution in [2.75, 3.05) is 44.2 Å². The van der Waals surface area contributed by atoms with Crippen molar-refractivity contribution in [3.05, 3.63) is 48.0 Å². The first-order valence-corrected chi connectivity index (χ1v) is 11.8. The van der Waals surface area contributed by atoms with E-state index in [0.29, 0.717) is 38.6 Å². The summed E-state index contributed by atoms with van der Waals surface area (Å²) < 4.78 is 46.0. The first kappa shape index (κ1) is 25.1. The Morgan fingerprint density at radius 2 is 2.03 bits per heavy atom. The summed E-state index contributed by atoms with van der Waals surface area (Å²) in [6, 6.07) is 8.36. The molecule has 1 aliphatic heterocycles. The van der Waals surface area contributed by atoms with Crippen LogP contribution in [-0.2, 0) is 11.2 Å². The number of hydrogen-bond donors (Lipinski definition) is 2. The summed E-state index contributed by atoms with van der Waals surface area (Å²) in [4.78, 5) is 24.2. The molecule has 1 aliphatic rings. The number of para-hydroxylation sites is 1. The van der Waals surface area contributed by atoms with E-state index in [4.69, 9.17) is 4.42 Å². The number of hydrogen-bond acceptors (Lipinski definition) is 6. The van der Waals surface area contributed by atoms with Crippen LogP contribution < -0.4 is 10.2 Å². The smallest absolute Gasteiger partial charge is 0.418 e. The maximum Gasteiger partial charge on any atom is 0.522 e. The Bertz CT molecular complexity index is 1110. The number of ether oxygens (including phenoxy) is 1. The second kappa shape index (κ2) is 11.1. The second-order valence-corrected chi connectivity index (χ2v) is 8.65. The van der Waals surface area contributed by atoms with E-state index >= 15 is 0 Å². The number of alkyl halides is 3. The summed E-state index contributed by atoms with van der Waals surface area (Å²) >= 11 is 0. The van der Waals surface area contributed by atoms with Crippen molar-refractivity contribution < 1.29 is 27.1 Å². The van der Waals surface area contributed by atoms with Gasteiger partial charge in [-0.25, -0.2) is 4.98 Å². The van der Waals surface area contributed by atoms with E-state index in [-0.39, 0.29) is 24.3 Å². The third kappa shape index (κ3) is 6.76. The summed E-state index contributed by atoms with van der Waals surface area (Å²) in [5.74, 6) is -0.175. The van der Waals surface area contributed by atoms with Crippen LogP contribution >= 0.6 is 0 Å². The highest BCUT2D eigenvalue weighted by molar-refractivity contribution is 5.91. The fourth-order valence-corrected chi connectivity index (χ4v) is 4.37. The minimum absolute atomic E-state index is 0.0530. The van der Waals surface area contributed by atoms with E-state index in [1.807, 2.05) is 34.2 Å². The zero-order valence-corrected chi connectivity index (χ0v) is 19.6. The molecule has 8 nitrogen and oxygen atoms in total. The molecule has 0 aliphatic carbocycles. The number of carbonyl (C=O) groups excluding carboxylic acids is 1. The molecule has 2 aromatic heterocycles. The van der Waals surface area contributed by atoms with Crippen molar-refractivity contribution in [1.82, 2.24) is 20.2 Å². The van der Waals surface area contributed by atoms with Gasteiger partial charge in [0.1, 0.15) is 0 Å². The van der Waals surface area contributed by atoms with Gasteiger partial charge in [-0.15, -0.1) is 13.2 Å². The minimum Gasteiger partial charge on any atom is -0.418 e. The lowest BCUT2D eigenvalue weighted by Crippen LogP contribution is -2.47. The number of benzene rings is 1. The van der Waals surface area contributed by atoms with Crippen LogP contribution in [0.3, 0.4) is 0 Å². The van der Waals surface area contributed by atoms with Crippen LogP contribution in [0.15, 0.2) is 41.1 Å². The average Bonchev–Trinajstić information content (AvgIpc) is 3.47. The predicted molar refractivity (Wildman–Crippen MR) is 125 cm³/mol. The third-order valence-corrected chi connectivity index (χ3v) is 6.15. The highest BCUT2D eigenvalue weighted by atomic mass is 19.4. The summed E-state index contributed by atoms with van der Waals surface area (Å²) in [5, 5.41) is 4.22. The molecule has 1 saturated heterocycles. The zero-order valence-electron chi connectivity index (χ0n) is 19.6. The van der Waals surface area contributed by atoms with Crippen LogP contribution in [0, 0.1) is 0 Å². The van der Waals surface area contributed by atoms with Crippen LogP contribution in [0.1, 0.15) is 35.9 Å². The van der Waals surface area contributed by atoms with Crippen molar-refractivity contribution in [3.63, 3.8) is 0 Å². The molecule has 0 spiro atoms. The van der Waals surface area contributed by atoms with E-state index in [1.165, 1.54) is 6.20 Å². The third-order valence-electron chi connectivity index (χ3n) is 6.15. The SMILES string of the molecule is CCCC(Cc1c[nH]c2ccccc12)NC(=O)c1cnc(N2CCN(CCOC(F)(F)F)CC2)o1. The van der Waals surface area contributed by atoms with Crippen molar-refractivity contribution >= 4 is 22.8 Å². The van der Waals surface area contributed by atoms with Crippen LogP contribution in [0.2, 0.25) is 0 Å². The highest BCUT2D eigenvalue weighted by Gasteiger charge is 2.29. The topological polar surface area (TPSA) is 86.6 Å². The lowest BCUT2D eigenvalue weighted by molar-refractivity contribution is -0.325. The molecule has 0 saturated carbocycles. The van der Waals surface area contributed by atoms with Gasteiger partial charge in [0.15, 0.2) is 0 Å². The van der Waals surface area contributed by atoms with Gasteiger partial charge in [-0.1, -0.05) is 31.5 Å². The maximum absolute atomic E-state index is 12.9. The van der Waals surface area contributed by atoms with Gasteiger partial charge in [0, 0.05) is 55.9 Å². The van der Waals surface area contributed by atoms with Gasteiger partial charge in [-0.05, 0) is 24.5 Å². The number of oxazole rings is 1. The van der Waals surface area contributed by atoms with E-state index in [1.54, 1.807) is 0 Å². The zero-order chi connectivity index (χ0) is 24.8. The number of nitrogens with one attached hydrogen (secondary N) is 2. The molecule has 3 heterocycles. The summed E-state index contributed by atoms with van der Waals surface area (Å²) in [7, 11) is 0. The molecule has 11 heteroatoms. The predicted octanol–water partition coefficient (Wildman–Crippen LogP) is 3.96. The van der Waals surface area contributed by atoms with Crippen LogP contribution in [0.4, 0.5) is 19.2 Å². The molecule has 1 atom stereocenters. The Hall–Kier alpha value is -3.05. The molecule has 1 amide bonds. The number of fused-ring (bicyclic) bond motifs is 1. The first-order valence-electron chi connectivity index (χ1n) is 11.8. The van der Waals surface area contributed by atoms with Crippen molar-refractivity contribution in [2.24, 2.45) is 0 Å². The molecule has 1 fully saturated rings. The number of aromatic nitrogens is 2. The van der Waals surface area contributed by atoms with Crippen molar-refractivity contribution in [3.8, 4) is 0 Å².